The third-order valence-corrected chi connectivity index (χ3v) is 6.71. The molecular formula is C26H26FN5O. The van der Waals surface area contributed by atoms with Crippen molar-refractivity contribution in [2.24, 2.45) is 0 Å². The van der Waals surface area contributed by atoms with E-state index >= 15 is 0 Å². The van der Waals surface area contributed by atoms with Crippen LogP contribution in [0.15, 0.2) is 66.9 Å². The molecule has 0 spiro atoms. The maximum Gasteiger partial charge on any atom is 0.168 e. The van der Waals surface area contributed by atoms with E-state index in [0.29, 0.717) is 0 Å². The number of fused-ring (bicyclic) bond motifs is 1. The molecule has 2 saturated heterocycles. The van der Waals surface area contributed by atoms with Crippen molar-refractivity contribution in [1.29, 1.82) is 0 Å². The second kappa shape index (κ2) is 8.48. The van der Waals surface area contributed by atoms with Gasteiger partial charge in [0, 0.05) is 37.1 Å². The minimum absolute atomic E-state index is 0.172. The van der Waals surface area contributed by atoms with Gasteiger partial charge in [-0.05, 0) is 66.9 Å². The molecule has 0 aliphatic carbocycles. The number of halogens is 1. The molecule has 0 radical (unpaired) electrons. The van der Waals surface area contributed by atoms with Gasteiger partial charge in [0.05, 0.1) is 24.9 Å². The molecule has 4 aromatic rings. The Labute approximate surface area is 192 Å². The first-order valence-corrected chi connectivity index (χ1v) is 11.6. The molecule has 2 aromatic carbocycles. The lowest BCUT2D eigenvalue weighted by atomic mass is 10.0. The molecule has 0 amide bonds. The van der Waals surface area contributed by atoms with Crippen LogP contribution in [-0.2, 0) is 4.74 Å². The summed E-state index contributed by atoms with van der Waals surface area (Å²) in [5, 5.41) is 8.86. The Kier molecular flexibility index (Phi) is 5.19. The van der Waals surface area contributed by atoms with Crippen molar-refractivity contribution in [2.45, 2.75) is 18.9 Å². The summed E-state index contributed by atoms with van der Waals surface area (Å²) in [6, 6.07) is 19.8. The summed E-state index contributed by atoms with van der Waals surface area (Å²) in [5.74, 6) is 0.637. The van der Waals surface area contributed by atoms with Gasteiger partial charge in [-0.25, -0.2) is 4.39 Å². The van der Waals surface area contributed by atoms with Crippen LogP contribution in [0.5, 0.6) is 0 Å². The number of aromatic nitrogens is 3. The molecule has 33 heavy (non-hydrogen) atoms. The maximum atomic E-state index is 13.9. The van der Waals surface area contributed by atoms with E-state index in [1.807, 2.05) is 12.1 Å². The van der Waals surface area contributed by atoms with Crippen LogP contribution in [-0.4, -0.2) is 47.4 Å². The number of hydrogen-bond donors (Lipinski definition) is 0. The molecule has 168 valence electrons. The molecule has 6 rings (SSSR count). The van der Waals surface area contributed by atoms with Gasteiger partial charge >= 0.3 is 0 Å². The molecule has 6 nitrogen and oxygen atoms in total. The van der Waals surface area contributed by atoms with Crippen LogP contribution in [0.3, 0.4) is 0 Å². The Bertz CT molecular complexity index is 1270. The van der Waals surface area contributed by atoms with Gasteiger partial charge in [0.1, 0.15) is 5.82 Å². The monoisotopic (exact) mass is 443 g/mol. The third-order valence-electron chi connectivity index (χ3n) is 6.71. The number of rotatable bonds is 4. The fourth-order valence-corrected chi connectivity index (χ4v) is 5.03. The summed E-state index contributed by atoms with van der Waals surface area (Å²) in [6.07, 6.45) is 4.20. The largest absolute Gasteiger partial charge is 0.378 e. The first-order chi connectivity index (χ1) is 16.3. The summed E-state index contributed by atoms with van der Waals surface area (Å²) in [5.41, 5.74) is 5.16. The number of hydrogen-bond acceptors (Lipinski definition) is 5. The molecule has 0 N–H and O–H groups in total. The van der Waals surface area contributed by atoms with E-state index < -0.39 is 0 Å². The molecule has 7 heteroatoms. The topological polar surface area (TPSA) is 45.9 Å². The van der Waals surface area contributed by atoms with Crippen LogP contribution in [0.25, 0.3) is 17.0 Å². The molecule has 2 fully saturated rings. The Morgan fingerprint density at radius 1 is 0.879 bits per heavy atom. The van der Waals surface area contributed by atoms with Crippen molar-refractivity contribution in [3.8, 4) is 11.4 Å². The molecule has 2 aliphatic rings. The highest BCUT2D eigenvalue weighted by atomic mass is 19.1. The van der Waals surface area contributed by atoms with Crippen molar-refractivity contribution < 1.29 is 9.13 Å². The number of pyridine rings is 1. The molecule has 0 bridgehead atoms. The van der Waals surface area contributed by atoms with E-state index in [2.05, 4.69) is 60.9 Å². The van der Waals surface area contributed by atoms with Gasteiger partial charge in [-0.1, -0.05) is 12.1 Å². The summed E-state index contributed by atoms with van der Waals surface area (Å²) >= 11 is 0. The van der Waals surface area contributed by atoms with Gasteiger partial charge < -0.3 is 14.5 Å². The highest BCUT2D eigenvalue weighted by Crippen LogP contribution is 2.36. The van der Waals surface area contributed by atoms with Crippen LogP contribution < -0.4 is 9.80 Å². The van der Waals surface area contributed by atoms with Crippen LogP contribution in [0, 0.1) is 5.82 Å². The molecular weight excluding hydrogens is 417 g/mol. The van der Waals surface area contributed by atoms with Crippen molar-refractivity contribution in [1.82, 2.24) is 14.6 Å². The third kappa shape index (κ3) is 3.82. The number of ether oxygens (including phenoxy) is 1. The van der Waals surface area contributed by atoms with Crippen molar-refractivity contribution in [2.75, 3.05) is 42.6 Å². The van der Waals surface area contributed by atoms with E-state index in [9.17, 15) is 4.39 Å². The second-order valence-corrected chi connectivity index (χ2v) is 8.69. The molecule has 1 unspecified atom stereocenters. The lowest BCUT2D eigenvalue weighted by Crippen LogP contribution is -2.36. The lowest BCUT2D eigenvalue weighted by Gasteiger charge is -2.28. The van der Waals surface area contributed by atoms with Crippen molar-refractivity contribution in [3.05, 3.63) is 78.2 Å². The van der Waals surface area contributed by atoms with Gasteiger partial charge in [-0.15, -0.1) is 10.2 Å². The van der Waals surface area contributed by atoms with Gasteiger partial charge in [0.25, 0.3) is 0 Å². The number of nitrogens with zero attached hydrogens (tertiary/aromatic N) is 5. The molecule has 2 aromatic heterocycles. The number of anilines is 2. The van der Waals surface area contributed by atoms with E-state index in [4.69, 9.17) is 4.74 Å². The second-order valence-electron chi connectivity index (χ2n) is 8.69. The quantitative estimate of drug-likeness (QED) is 0.457. The zero-order valence-corrected chi connectivity index (χ0v) is 18.4. The first kappa shape index (κ1) is 20.2. The smallest absolute Gasteiger partial charge is 0.168 e. The summed E-state index contributed by atoms with van der Waals surface area (Å²) in [6.45, 7) is 4.31. The van der Waals surface area contributed by atoms with Crippen LogP contribution in [0.1, 0.15) is 24.4 Å². The standard InChI is InChI=1S/C26H26FN5O/c27-21-4-1-3-20(17-21)24-5-2-12-31(24)23-10-11-25-28-29-26(32(25)18-23)19-6-8-22(9-7-19)30-13-15-33-16-14-30/h1,3-4,6-11,17-18,24H,2,5,12-16H2. The highest BCUT2D eigenvalue weighted by Gasteiger charge is 2.27. The Hall–Kier alpha value is -3.45. The molecule has 2 aliphatic heterocycles. The van der Waals surface area contributed by atoms with Crippen LogP contribution in [0.4, 0.5) is 15.8 Å². The van der Waals surface area contributed by atoms with Gasteiger partial charge in [0.2, 0.25) is 0 Å². The average molecular weight is 444 g/mol. The molecule has 4 heterocycles. The van der Waals surface area contributed by atoms with Crippen LogP contribution >= 0.6 is 0 Å². The van der Waals surface area contributed by atoms with Crippen LogP contribution in [0.2, 0.25) is 0 Å². The van der Waals surface area contributed by atoms with Gasteiger partial charge in [0.15, 0.2) is 11.5 Å². The van der Waals surface area contributed by atoms with E-state index in [1.165, 1.54) is 11.8 Å². The maximum absolute atomic E-state index is 13.9. The molecule has 0 saturated carbocycles. The lowest BCUT2D eigenvalue weighted by molar-refractivity contribution is 0.122. The van der Waals surface area contributed by atoms with Gasteiger partial charge in [-0.2, -0.15) is 0 Å². The SMILES string of the molecule is Fc1cccc(C2CCCN2c2ccc3nnc(-c4ccc(N5CCOCC5)cc4)n3c2)c1. The average Bonchev–Trinajstić information content (AvgIpc) is 3.52. The fraction of sp³-hybridized carbons (Fsp3) is 0.308. The first-order valence-electron chi connectivity index (χ1n) is 11.6. The fourth-order valence-electron chi connectivity index (χ4n) is 5.03. The Balaban J connectivity index is 1.32. The summed E-state index contributed by atoms with van der Waals surface area (Å²) in [4.78, 5) is 4.70. The van der Waals surface area contributed by atoms with Gasteiger partial charge in [-0.3, -0.25) is 4.40 Å². The zero-order chi connectivity index (χ0) is 22.2. The minimum Gasteiger partial charge on any atom is -0.378 e. The zero-order valence-electron chi connectivity index (χ0n) is 18.4. The summed E-state index contributed by atoms with van der Waals surface area (Å²) < 4.78 is 21.4. The Morgan fingerprint density at radius 2 is 1.70 bits per heavy atom. The van der Waals surface area contributed by atoms with Crippen molar-refractivity contribution in [3.63, 3.8) is 0 Å². The Morgan fingerprint density at radius 3 is 2.52 bits per heavy atom. The summed E-state index contributed by atoms with van der Waals surface area (Å²) in [7, 11) is 0. The van der Waals surface area contributed by atoms with E-state index in [1.54, 1.807) is 12.1 Å². The number of morpholine rings is 1. The highest BCUT2D eigenvalue weighted by molar-refractivity contribution is 5.65. The normalized spacial score (nSPS) is 18.9. The predicted molar refractivity (Wildman–Crippen MR) is 127 cm³/mol. The minimum atomic E-state index is -0.184. The van der Waals surface area contributed by atoms with Crippen molar-refractivity contribution >= 4 is 17.0 Å². The number of benzene rings is 2. The van der Waals surface area contributed by atoms with E-state index in [-0.39, 0.29) is 11.9 Å². The molecule has 1 atom stereocenters. The predicted octanol–water partition coefficient (Wildman–Crippen LogP) is 4.71. The van der Waals surface area contributed by atoms with E-state index in [0.717, 1.165) is 74.0 Å².